The Morgan fingerprint density at radius 2 is 2.31 bits per heavy atom. The second kappa shape index (κ2) is 3.38. The molecule has 2 heterocycles. The maximum absolute atomic E-state index is 11.8. The molecule has 1 aliphatic rings. The standard InChI is InChI=1S/C10H9ClN4O/c11-6-1-2-8-7(5-6)14-10(16)15(8)9-12-3-4-13-9/h1-2,5H,3-4H2,(H,12,13)(H,14,16). The lowest BCUT2D eigenvalue weighted by Gasteiger charge is -2.02. The van der Waals surface area contributed by atoms with Crippen LogP contribution in [0.3, 0.4) is 0 Å². The largest absolute Gasteiger partial charge is 0.354 e. The molecule has 0 aliphatic carbocycles. The Balaban J connectivity index is 2.31. The molecule has 2 N–H and O–H groups in total. The van der Waals surface area contributed by atoms with E-state index in [-0.39, 0.29) is 5.69 Å². The molecule has 6 heteroatoms. The van der Waals surface area contributed by atoms with Crippen molar-refractivity contribution < 1.29 is 0 Å². The van der Waals surface area contributed by atoms with E-state index in [9.17, 15) is 4.79 Å². The first-order chi connectivity index (χ1) is 7.75. The molecule has 1 aromatic heterocycles. The number of halogens is 1. The van der Waals surface area contributed by atoms with Crippen LogP contribution in [-0.2, 0) is 0 Å². The second-order valence-corrected chi connectivity index (χ2v) is 4.00. The predicted molar refractivity (Wildman–Crippen MR) is 63.3 cm³/mol. The van der Waals surface area contributed by atoms with Crippen molar-refractivity contribution in [2.45, 2.75) is 0 Å². The van der Waals surface area contributed by atoms with Crippen LogP contribution in [0.15, 0.2) is 28.0 Å². The number of nitrogens with one attached hydrogen (secondary N) is 2. The zero-order valence-corrected chi connectivity index (χ0v) is 9.08. The van der Waals surface area contributed by atoms with Gasteiger partial charge in [0.05, 0.1) is 17.6 Å². The molecule has 0 amide bonds. The van der Waals surface area contributed by atoms with Crippen molar-refractivity contribution in [1.29, 1.82) is 0 Å². The van der Waals surface area contributed by atoms with Crippen LogP contribution in [0, 0.1) is 0 Å². The van der Waals surface area contributed by atoms with E-state index in [1.807, 2.05) is 0 Å². The van der Waals surface area contributed by atoms with Gasteiger partial charge in [-0.25, -0.2) is 9.36 Å². The van der Waals surface area contributed by atoms with E-state index in [4.69, 9.17) is 11.6 Å². The first-order valence-electron chi connectivity index (χ1n) is 4.95. The van der Waals surface area contributed by atoms with E-state index in [2.05, 4.69) is 15.3 Å². The number of hydrogen-bond acceptors (Lipinski definition) is 3. The first kappa shape index (κ1) is 9.47. The molecule has 1 aromatic carbocycles. The van der Waals surface area contributed by atoms with Crippen LogP contribution < -0.4 is 11.0 Å². The Labute approximate surface area is 95.8 Å². The van der Waals surface area contributed by atoms with Crippen LogP contribution in [0.4, 0.5) is 0 Å². The number of hydrogen-bond donors (Lipinski definition) is 2. The lowest BCUT2D eigenvalue weighted by atomic mass is 10.3. The second-order valence-electron chi connectivity index (χ2n) is 3.56. The lowest BCUT2D eigenvalue weighted by Crippen LogP contribution is -2.33. The summed E-state index contributed by atoms with van der Waals surface area (Å²) in [5.41, 5.74) is 1.29. The Kier molecular flexibility index (Phi) is 2.00. The number of benzene rings is 1. The van der Waals surface area contributed by atoms with Gasteiger partial charge in [0.2, 0.25) is 5.96 Å². The van der Waals surface area contributed by atoms with Gasteiger partial charge in [-0.1, -0.05) is 11.6 Å². The molecule has 82 valence electrons. The highest BCUT2D eigenvalue weighted by molar-refractivity contribution is 6.31. The van der Waals surface area contributed by atoms with Crippen molar-refractivity contribution in [2.24, 2.45) is 4.99 Å². The van der Waals surface area contributed by atoms with Crippen LogP contribution in [0.1, 0.15) is 0 Å². The Bertz CT molecular complexity index is 640. The van der Waals surface area contributed by atoms with Gasteiger partial charge in [-0.15, -0.1) is 0 Å². The Morgan fingerprint density at radius 3 is 3.06 bits per heavy atom. The van der Waals surface area contributed by atoms with E-state index < -0.39 is 0 Å². The minimum atomic E-state index is -0.203. The predicted octanol–water partition coefficient (Wildman–Crippen LogP) is 0.790. The molecule has 0 saturated carbocycles. The molecule has 0 radical (unpaired) electrons. The van der Waals surface area contributed by atoms with E-state index in [1.54, 1.807) is 18.2 Å². The van der Waals surface area contributed by atoms with E-state index >= 15 is 0 Å². The SMILES string of the molecule is O=c1[nH]c2cc(Cl)ccc2n1C1=NCCN1. The maximum Gasteiger partial charge on any atom is 0.333 e. The molecule has 0 bridgehead atoms. The number of imidazole rings is 1. The molecule has 5 nitrogen and oxygen atoms in total. The van der Waals surface area contributed by atoms with Crippen LogP contribution in [0.25, 0.3) is 11.0 Å². The smallest absolute Gasteiger partial charge is 0.333 e. The van der Waals surface area contributed by atoms with Crippen LogP contribution >= 0.6 is 11.6 Å². The summed E-state index contributed by atoms with van der Waals surface area (Å²) in [6.45, 7) is 1.46. The van der Waals surface area contributed by atoms with E-state index in [0.717, 1.165) is 12.1 Å². The lowest BCUT2D eigenvalue weighted by molar-refractivity contribution is 0.933. The van der Waals surface area contributed by atoms with Gasteiger partial charge in [0.15, 0.2) is 0 Å². The van der Waals surface area contributed by atoms with E-state index in [0.29, 0.717) is 23.0 Å². The minimum Gasteiger partial charge on any atom is -0.354 e. The number of rotatable bonds is 0. The third kappa shape index (κ3) is 1.32. The van der Waals surface area contributed by atoms with Gasteiger partial charge >= 0.3 is 5.69 Å². The van der Waals surface area contributed by atoms with E-state index in [1.165, 1.54) is 4.57 Å². The van der Waals surface area contributed by atoms with Crippen molar-refractivity contribution in [2.75, 3.05) is 13.1 Å². The van der Waals surface area contributed by atoms with Gasteiger partial charge in [0.25, 0.3) is 0 Å². The van der Waals surface area contributed by atoms with Gasteiger partial charge in [-0.3, -0.25) is 4.99 Å². The zero-order chi connectivity index (χ0) is 11.1. The van der Waals surface area contributed by atoms with Crippen molar-refractivity contribution >= 4 is 28.6 Å². The molecule has 3 rings (SSSR count). The summed E-state index contributed by atoms with van der Waals surface area (Å²) in [4.78, 5) is 18.8. The summed E-state index contributed by atoms with van der Waals surface area (Å²) in [6.07, 6.45) is 0. The molecule has 0 atom stereocenters. The van der Waals surface area contributed by atoms with Crippen molar-refractivity contribution in [3.05, 3.63) is 33.7 Å². The average molecular weight is 237 g/mol. The highest BCUT2D eigenvalue weighted by Gasteiger charge is 2.14. The average Bonchev–Trinajstić information content (AvgIpc) is 2.83. The normalized spacial score (nSPS) is 15.2. The number of aromatic nitrogens is 2. The molecule has 0 saturated heterocycles. The van der Waals surface area contributed by atoms with Gasteiger partial charge in [-0.2, -0.15) is 0 Å². The maximum atomic E-state index is 11.8. The third-order valence-corrected chi connectivity index (χ3v) is 2.75. The monoisotopic (exact) mass is 236 g/mol. The molecular weight excluding hydrogens is 228 g/mol. The minimum absolute atomic E-state index is 0.203. The fraction of sp³-hybridized carbons (Fsp3) is 0.200. The summed E-state index contributed by atoms with van der Waals surface area (Å²) >= 11 is 5.86. The highest BCUT2D eigenvalue weighted by atomic mass is 35.5. The molecule has 1 aliphatic heterocycles. The molecule has 2 aromatic rings. The third-order valence-electron chi connectivity index (χ3n) is 2.51. The zero-order valence-electron chi connectivity index (χ0n) is 8.33. The molecular formula is C10H9ClN4O. The van der Waals surface area contributed by atoms with Crippen LogP contribution in [0.2, 0.25) is 5.02 Å². The molecule has 0 fully saturated rings. The van der Waals surface area contributed by atoms with Crippen molar-refractivity contribution in [3.63, 3.8) is 0 Å². The number of aliphatic imine (C=N–C) groups is 1. The first-order valence-corrected chi connectivity index (χ1v) is 5.32. The summed E-state index contributed by atoms with van der Waals surface area (Å²) < 4.78 is 1.53. The number of aromatic amines is 1. The van der Waals surface area contributed by atoms with Gasteiger partial charge in [0.1, 0.15) is 0 Å². The summed E-state index contributed by atoms with van der Waals surface area (Å²) in [5, 5.41) is 3.67. The summed E-state index contributed by atoms with van der Waals surface area (Å²) in [5.74, 6) is 0.596. The summed E-state index contributed by atoms with van der Waals surface area (Å²) in [6, 6.07) is 5.28. The van der Waals surface area contributed by atoms with Crippen LogP contribution in [0.5, 0.6) is 0 Å². The quantitative estimate of drug-likeness (QED) is 0.711. The van der Waals surface area contributed by atoms with Crippen molar-refractivity contribution in [1.82, 2.24) is 14.9 Å². The van der Waals surface area contributed by atoms with Crippen LogP contribution in [-0.4, -0.2) is 28.6 Å². The van der Waals surface area contributed by atoms with Gasteiger partial charge in [-0.05, 0) is 18.2 Å². The van der Waals surface area contributed by atoms with Gasteiger partial charge in [0, 0.05) is 11.6 Å². The number of fused-ring (bicyclic) bond motifs is 1. The molecule has 0 spiro atoms. The topological polar surface area (TPSA) is 62.2 Å². The Hall–Kier alpha value is -1.75. The Morgan fingerprint density at radius 1 is 1.44 bits per heavy atom. The summed E-state index contributed by atoms with van der Waals surface area (Å²) in [7, 11) is 0. The fourth-order valence-corrected chi connectivity index (χ4v) is 2.00. The van der Waals surface area contributed by atoms with Crippen molar-refractivity contribution in [3.8, 4) is 0 Å². The highest BCUT2D eigenvalue weighted by Crippen LogP contribution is 2.16. The fourth-order valence-electron chi connectivity index (χ4n) is 1.83. The molecule has 16 heavy (non-hydrogen) atoms. The number of H-pyrrole nitrogens is 1. The number of nitrogens with zero attached hydrogens (tertiary/aromatic N) is 2. The van der Waals surface area contributed by atoms with Gasteiger partial charge < -0.3 is 10.3 Å². The molecule has 0 unspecified atom stereocenters.